The van der Waals surface area contributed by atoms with E-state index >= 15 is 0 Å². The van der Waals surface area contributed by atoms with Crippen molar-refractivity contribution in [1.29, 1.82) is 0 Å². The van der Waals surface area contributed by atoms with E-state index in [0.29, 0.717) is 25.1 Å². The monoisotopic (exact) mass is 274 g/mol. The highest BCUT2D eigenvalue weighted by Crippen LogP contribution is 2.34. The molecule has 0 aromatic heterocycles. The Kier molecular flexibility index (Phi) is 4.23. The standard InChI is InChI=1S/C16H22N2O2/c1-16(2)10-14(19)18(15(20)11-16)13-7-3-5-12(9-13)6-4-8-17/h3,5,7,9H,4,6,8,10-11,17H2,1-2H3. The van der Waals surface area contributed by atoms with Crippen LogP contribution in [0.2, 0.25) is 0 Å². The summed E-state index contributed by atoms with van der Waals surface area (Å²) in [6, 6.07) is 7.63. The number of nitrogens with zero attached hydrogens (tertiary/aromatic N) is 1. The number of imide groups is 1. The van der Waals surface area contributed by atoms with Crippen LogP contribution in [0.25, 0.3) is 0 Å². The van der Waals surface area contributed by atoms with E-state index in [0.717, 1.165) is 18.4 Å². The van der Waals surface area contributed by atoms with Crippen molar-refractivity contribution in [3.8, 4) is 0 Å². The molecule has 2 rings (SSSR count). The first-order valence-corrected chi connectivity index (χ1v) is 7.08. The molecule has 2 N–H and O–H groups in total. The van der Waals surface area contributed by atoms with Crippen molar-refractivity contribution in [2.45, 2.75) is 39.5 Å². The van der Waals surface area contributed by atoms with Crippen LogP contribution < -0.4 is 10.6 Å². The molecule has 0 saturated carbocycles. The summed E-state index contributed by atoms with van der Waals surface area (Å²) in [6.45, 7) is 4.55. The Labute approximate surface area is 119 Å². The molecular formula is C16H22N2O2. The van der Waals surface area contributed by atoms with Crippen LogP contribution in [0.15, 0.2) is 24.3 Å². The van der Waals surface area contributed by atoms with E-state index in [1.54, 1.807) is 0 Å². The molecule has 1 saturated heterocycles. The second-order valence-corrected chi connectivity index (χ2v) is 6.20. The first kappa shape index (κ1) is 14.7. The van der Waals surface area contributed by atoms with Crippen molar-refractivity contribution in [1.82, 2.24) is 0 Å². The van der Waals surface area contributed by atoms with Gasteiger partial charge in [0.2, 0.25) is 11.8 Å². The number of hydrogen-bond acceptors (Lipinski definition) is 3. The van der Waals surface area contributed by atoms with Gasteiger partial charge in [-0.25, -0.2) is 0 Å². The second-order valence-electron chi connectivity index (χ2n) is 6.20. The van der Waals surface area contributed by atoms with Gasteiger partial charge >= 0.3 is 0 Å². The van der Waals surface area contributed by atoms with E-state index in [1.165, 1.54) is 4.90 Å². The number of benzene rings is 1. The summed E-state index contributed by atoms with van der Waals surface area (Å²) in [5.41, 5.74) is 7.07. The predicted molar refractivity (Wildman–Crippen MR) is 79.3 cm³/mol. The molecule has 4 nitrogen and oxygen atoms in total. The van der Waals surface area contributed by atoms with Crippen molar-refractivity contribution in [2.75, 3.05) is 11.4 Å². The number of anilines is 1. The summed E-state index contributed by atoms with van der Waals surface area (Å²) in [5.74, 6) is -0.218. The smallest absolute Gasteiger partial charge is 0.234 e. The van der Waals surface area contributed by atoms with Crippen molar-refractivity contribution < 1.29 is 9.59 Å². The van der Waals surface area contributed by atoms with Crippen LogP contribution in [-0.2, 0) is 16.0 Å². The van der Waals surface area contributed by atoms with Crippen LogP contribution in [0.5, 0.6) is 0 Å². The van der Waals surface area contributed by atoms with E-state index in [4.69, 9.17) is 5.73 Å². The molecule has 1 aromatic rings. The molecule has 1 aromatic carbocycles. The van der Waals surface area contributed by atoms with Gasteiger partial charge in [0.05, 0.1) is 5.69 Å². The topological polar surface area (TPSA) is 63.4 Å². The molecule has 0 spiro atoms. The van der Waals surface area contributed by atoms with Crippen LogP contribution in [-0.4, -0.2) is 18.4 Å². The quantitative estimate of drug-likeness (QED) is 0.857. The van der Waals surface area contributed by atoms with Crippen LogP contribution in [0, 0.1) is 5.41 Å². The average Bonchev–Trinajstić information content (AvgIpc) is 2.34. The lowest BCUT2D eigenvalue weighted by molar-refractivity contribution is -0.132. The Morgan fingerprint density at radius 1 is 1.20 bits per heavy atom. The average molecular weight is 274 g/mol. The summed E-state index contributed by atoms with van der Waals surface area (Å²) in [6.07, 6.45) is 2.59. The van der Waals surface area contributed by atoms with Gasteiger partial charge in [-0.05, 0) is 42.5 Å². The fraction of sp³-hybridized carbons (Fsp3) is 0.500. The van der Waals surface area contributed by atoms with Crippen molar-refractivity contribution in [3.63, 3.8) is 0 Å². The molecule has 0 atom stereocenters. The molecule has 108 valence electrons. The van der Waals surface area contributed by atoms with E-state index in [2.05, 4.69) is 0 Å². The molecular weight excluding hydrogens is 252 g/mol. The van der Waals surface area contributed by atoms with Gasteiger partial charge in [-0.3, -0.25) is 14.5 Å². The highest BCUT2D eigenvalue weighted by atomic mass is 16.2. The maximum Gasteiger partial charge on any atom is 0.234 e. The Morgan fingerprint density at radius 3 is 2.45 bits per heavy atom. The number of hydrogen-bond donors (Lipinski definition) is 1. The van der Waals surface area contributed by atoms with Gasteiger partial charge in [0.1, 0.15) is 0 Å². The summed E-state index contributed by atoms with van der Waals surface area (Å²) < 4.78 is 0. The molecule has 1 fully saturated rings. The Morgan fingerprint density at radius 2 is 1.85 bits per heavy atom. The lowest BCUT2D eigenvalue weighted by Crippen LogP contribution is -2.46. The van der Waals surface area contributed by atoms with E-state index in [9.17, 15) is 9.59 Å². The lowest BCUT2D eigenvalue weighted by Gasteiger charge is -2.34. The van der Waals surface area contributed by atoms with Gasteiger partial charge in [0.15, 0.2) is 0 Å². The molecule has 2 amide bonds. The number of carbonyl (C=O) groups is 2. The second kappa shape index (κ2) is 5.75. The summed E-state index contributed by atoms with van der Waals surface area (Å²) in [4.78, 5) is 25.8. The van der Waals surface area contributed by atoms with E-state index < -0.39 is 0 Å². The first-order chi connectivity index (χ1) is 9.43. The van der Waals surface area contributed by atoms with Gasteiger partial charge in [-0.2, -0.15) is 0 Å². The minimum absolute atomic E-state index is 0.109. The molecule has 0 aliphatic carbocycles. The molecule has 1 aliphatic heterocycles. The van der Waals surface area contributed by atoms with Gasteiger partial charge < -0.3 is 5.73 Å². The first-order valence-electron chi connectivity index (χ1n) is 7.08. The van der Waals surface area contributed by atoms with Crippen LogP contribution in [0.4, 0.5) is 5.69 Å². The molecule has 0 bridgehead atoms. The van der Waals surface area contributed by atoms with Gasteiger partial charge in [-0.15, -0.1) is 0 Å². The minimum Gasteiger partial charge on any atom is -0.330 e. The fourth-order valence-corrected chi connectivity index (χ4v) is 2.62. The third-order valence-electron chi connectivity index (χ3n) is 3.60. The Bertz CT molecular complexity index is 503. The van der Waals surface area contributed by atoms with Crippen LogP contribution in [0.1, 0.15) is 38.7 Å². The van der Waals surface area contributed by atoms with Gasteiger partial charge in [-0.1, -0.05) is 26.0 Å². The highest BCUT2D eigenvalue weighted by Gasteiger charge is 2.38. The van der Waals surface area contributed by atoms with Crippen LogP contribution in [0.3, 0.4) is 0 Å². The largest absolute Gasteiger partial charge is 0.330 e. The normalized spacial score (nSPS) is 18.4. The third-order valence-corrected chi connectivity index (χ3v) is 3.60. The van der Waals surface area contributed by atoms with Crippen molar-refractivity contribution in [2.24, 2.45) is 11.1 Å². The number of nitrogens with two attached hydrogens (primary N) is 1. The number of aryl methyl sites for hydroxylation is 1. The zero-order valence-corrected chi connectivity index (χ0v) is 12.2. The van der Waals surface area contributed by atoms with Crippen molar-refractivity contribution >= 4 is 17.5 Å². The van der Waals surface area contributed by atoms with Crippen molar-refractivity contribution in [3.05, 3.63) is 29.8 Å². The Balaban J connectivity index is 2.22. The Hall–Kier alpha value is -1.68. The minimum atomic E-state index is -0.234. The molecule has 4 heteroatoms. The zero-order valence-electron chi connectivity index (χ0n) is 12.2. The lowest BCUT2D eigenvalue weighted by atomic mass is 9.81. The highest BCUT2D eigenvalue weighted by molar-refractivity contribution is 6.16. The molecule has 1 aliphatic rings. The zero-order chi connectivity index (χ0) is 14.8. The number of piperidine rings is 1. The molecule has 0 unspecified atom stereocenters. The van der Waals surface area contributed by atoms with Gasteiger partial charge in [0, 0.05) is 12.8 Å². The summed E-state index contributed by atoms with van der Waals surface area (Å²) >= 11 is 0. The number of carbonyl (C=O) groups excluding carboxylic acids is 2. The number of amides is 2. The maximum absolute atomic E-state index is 12.2. The molecule has 20 heavy (non-hydrogen) atoms. The predicted octanol–water partition coefficient (Wildman–Crippen LogP) is 2.26. The SMILES string of the molecule is CC1(C)CC(=O)N(c2cccc(CCCN)c2)C(=O)C1. The fourth-order valence-electron chi connectivity index (χ4n) is 2.62. The number of rotatable bonds is 4. The molecule has 1 heterocycles. The van der Waals surface area contributed by atoms with E-state index in [1.807, 2.05) is 38.1 Å². The van der Waals surface area contributed by atoms with Crippen LogP contribution >= 0.6 is 0 Å². The molecule has 0 radical (unpaired) electrons. The third kappa shape index (κ3) is 3.25. The summed E-state index contributed by atoms with van der Waals surface area (Å²) in [7, 11) is 0. The summed E-state index contributed by atoms with van der Waals surface area (Å²) in [5, 5.41) is 0. The van der Waals surface area contributed by atoms with E-state index in [-0.39, 0.29) is 17.2 Å². The maximum atomic E-state index is 12.2. The van der Waals surface area contributed by atoms with Gasteiger partial charge in [0.25, 0.3) is 0 Å².